The summed E-state index contributed by atoms with van der Waals surface area (Å²) in [6.07, 6.45) is 6.43. The highest BCUT2D eigenvalue weighted by atomic mass is 32.1. The Balaban J connectivity index is 1.56. The van der Waals surface area contributed by atoms with Gasteiger partial charge >= 0.3 is 0 Å². The van der Waals surface area contributed by atoms with Crippen LogP contribution in [-0.2, 0) is 11.2 Å². The van der Waals surface area contributed by atoms with Crippen LogP contribution in [0, 0.1) is 5.92 Å². The van der Waals surface area contributed by atoms with Crippen LogP contribution in [0.4, 0.5) is 5.13 Å². The van der Waals surface area contributed by atoms with Crippen LogP contribution in [0.1, 0.15) is 55.5 Å². The van der Waals surface area contributed by atoms with Gasteiger partial charge < -0.3 is 5.32 Å². The number of benzene rings is 1. The van der Waals surface area contributed by atoms with E-state index < -0.39 is 0 Å². The van der Waals surface area contributed by atoms with Crippen molar-refractivity contribution in [3.05, 3.63) is 40.9 Å². The van der Waals surface area contributed by atoms with Crippen molar-refractivity contribution >= 4 is 22.4 Å². The number of nitrogens with zero attached hydrogens (tertiary/aromatic N) is 2. The lowest BCUT2D eigenvalue weighted by molar-refractivity contribution is -0.120. The monoisotopic (exact) mass is 329 g/mol. The van der Waals surface area contributed by atoms with Gasteiger partial charge in [0.1, 0.15) is 5.01 Å². The molecule has 1 unspecified atom stereocenters. The summed E-state index contributed by atoms with van der Waals surface area (Å²) in [6, 6.07) is 10.4. The molecule has 0 bridgehead atoms. The average molecular weight is 329 g/mol. The molecule has 0 aliphatic heterocycles. The molecule has 1 amide bonds. The van der Waals surface area contributed by atoms with Gasteiger partial charge in [0.25, 0.3) is 0 Å². The Kier molecular flexibility index (Phi) is 5.39. The molecular formula is C18H23N3OS. The Hall–Kier alpha value is -1.75. The zero-order valence-electron chi connectivity index (χ0n) is 13.5. The third kappa shape index (κ3) is 4.38. The number of amides is 1. The van der Waals surface area contributed by atoms with Gasteiger partial charge in [0, 0.05) is 12.3 Å². The molecule has 1 atom stereocenters. The van der Waals surface area contributed by atoms with E-state index in [1.54, 1.807) is 0 Å². The van der Waals surface area contributed by atoms with Crippen molar-refractivity contribution in [3.63, 3.8) is 0 Å². The molecule has 1 N–H and O–H groups in total. The van der Waals surface area contributed by atoms with Crippen LogP contribution >= 0.6 is 11.3 Å². The summed E-state index contributed by atoms with van der Waals surface area (Å²) in [5, 5.41) is 12.9. The van der Waals surface area contributed by atoms with Crippen molar-refractivity contribution in [2.45, 2.75) is 51.4 Å². The number of hydrogen-bond acceptors (Lipinski definition) is 4. The summed E-state index contributed by atoms with van der Waals surface area (Å²) in [7, 11) is 0. The van der Waals surface area contributed by atoms with Crippen LogP contribution < -0.4 is 5.32 Å². The fourth-order valence-corrected chi connectivity index (χ4v) is 3.99. The largest absolute Gasteiger partial charge is 0.300 e. The van der Waals surface area contributed by atoms with Crippen molar-refractivity contribution in [1.82, 2.24) is 10.2 Å². The number of carbonyl (C=O) groups excluding carboxylic acids is 1. The Morgan fingerprint density at radius 2 is 1.96 bits per heavy atom. The first-order valence-corrected chi connectivity index (χ1v) is 9.22. The summed E-state index contributed by atoms with van der Waals surface area (Å²) in [6.45, 7) is 2.19. The number of nitrogens with one attached hydrogen (secondary N) is 1. The average Bonchev–Trinajstić information content (AvgIpc) is 3.03. The van der Waals surface area contributed by atoms with Gasteiger partial charge in [-0.1, -0.05) is 67.9 Å². The predicted molar refractivity (Wildman–Crippen MR) is 93.7 cm³/mol. The lowest BCUT2D eigenvalue weighted by Gasteiger charge is -2.19. The Labute approximate surface area is 141 Å². The number of anilines is 1. The molecule has 1 fully saturated rings. The van der Waals surface area contributed by atoms with Crippen molar-refractivity contribution < 1.29 is 4.79 Å². The molecule has 2 aromatic rings. The van der Waals surface area contributed by atoms with Gasteiger partial charge in [-0.25, -0.2) is 0 Å². The van der Waals surface area contributed by atoms with Crippen LogP contribution in [-0.4, -0.2) is 16.1 Å². The standard InChI is InChI=1S/C18H23N3OS/c1-13(14-8-4-2-5-9-14)12-16-20-21-18(23-16)19-17(22)15-10-6-3-7-11-15/h2,4-5,8-9,13,15H,3,6-7,10-12H2,1H3,(H,19,21,22). The number of carbonyl (C=O) groups is 1. The van der Waals surface area contributed by atoms with Crippen molar-refractivity contribution in [2.24, 2.45) is 5.92 Å². The molecule has 1 aromatic carbocycles. The fourth-order valence-electron chi connectivity index (χ4n) is 3.12. The Bertz CT molecular complexity index is 635. The SMILES string of the molecule is CC(Cc1nnc(NC(=O)C2CCCCC2)s1)c1ccccc1. The van der Waals surface area contributed by atoms with E-state index in [2.05, 4.69) is 46.7 Å². The molecule has 23 heavy (non-hydrogen) atoms. The zero-order valence-corrected chi connectivity index (χ0v) is 14.3. The van der Waals surface area contributed by atoms with Crippen LogP contribution in [0.25, 0.3) is 0 Å². The topological polar surface area (TPSA) is 54.9 Å². The van der Waals surface area contributed by atoms with E-state index in [0.717, 1.165) is 37.1 Å². The van der Waals surface area contributed by atoms with Crippen molar-refractivity contribution in [1.29, 1.82) is 0 Å². The third-order valence-corrected chi connectivity index (χ3v) is 5.38. The van der Waals surface area contributed by atoms with E-state index in [1.165, 1.54) is 23.3 Å². The van der Waals surface area contributed by atoms with Gasteiger partial charge in [-0.2, -0.15) is 0 Å². The van der Waals surface area contributed by atoms with Gasteiger partial charge in [0.15, 0.2) is 0 Å². The molecular weight excluding hydrogens is 306 g/mol. The van der Waals surface area contributed by atoms with E-state index in [1.807, 2.05) is 6.07 Å². The summed E-state index contributed by atoms with van der Waals surface area (Å²) in [5.74, 6) is 0.661. The van der Waals surface area contributed by atoms with E-state index >= 15 is 0 Å². The number of rotatable bonds is 5. The molecule has 1 saturated carbocycles. The molecule has 122 valence electrons. The Morgan fingerprint density at radius 3 is 2.70 bits per heavy atom. The molecule has 3 rings (SSSR count). The second-order valence-corrected chi connectivity index (χ2v) is 7.40. The zero-order chi connectivity index (χ0) is 16.1. The lowest BCUT2D eigenvalue weighted by Crippen LogP contribution is -2.24. The summed E-state index contributed by atoms with van der Waals surface area (Å²) < 4.78 is 0. The van der Waals surface area contributed by atoms with E-state index in [9.17, 15) is 4.79 Å². The van der Waals surface area contributed by atoms with Crippen molar-refractivity contribution in [2.75, 3.05) is 5.32 Å². The minimum Gasteiger partial charge on any atom is -0.300 e. The number of hydrogen-bond donors (Lipinski definition) is 1. The van der Waals surface area contributed by atoms with Crippen LogP contribution in [0.5, 0.6) is 0 Å². The molecule has 4 nitrogen and oxygen atoms in total. The molecule has 0 saturated heterocycles. The van der Waals surface area contributed by atoms with Crippen LogP contribution in [0.15, 0.2) is 30.3 Å². The summed E-state index contributed by atoms with van der Waals surface area (Å²) in [5.41, 5.74) is 1.30. The fraction of sp³-hybridized carbons (Fsp3) is 0.500. The smallest absolute Gasteiger partial charge is 0.229 e. The Morgan fingerprint density at radius 1 is 1.22 bits per heavy atom. The molecule has 1 heterocycles. The minimum absolute atomic E-state index is 0.114. The van der Waals surface area contributed by atoms with E-state index in [4.69, 9.17) is 0 Å². The number of aromatic nitrogens is 2. The van der Waals surface area contributed by atoms with Gasteiger partial charge in [-0.15, -0.1) is 10.2 Å². The third-order valence-electron chi connectivity index (χ3n) is 4.52. The maximum absolute atomic E-state index is 12.2. The maximum atomic E-state index is 12.2. The first kappa shape index (κ1) is 16.1. The molecule has 0 spiro atoms. The molecule has 1 aliphatic carbocycles. The molecule has 1 aliphatic rings. The summed E-state index contributed by atoms with van der Waals surface area (Å²) >= 11 is 1.49. The summed E-state index contributed by atoms with van der Waals surface area (Å²) in [4.78, 5) is 12.2. The second-order valence-electron chi connectivity index (χ2n) is 6.34. The highest BCUT2D eigenvalue weighted by molar-refractivity contribution is 7.15. The van der Waals surface area contributed by atoms with Gasteiger partial charge in [-0.3, -0.25) is 4.79 Å². The highest BCUT2D eigenvalue weighted by Gasteiger charge is 2.22. The first-order valence-electron chi connectivity index (χ1n) is 8.40. The normalized spacial score (nSPS) is 16.9. The van der Waals surface area contributed by atoms with Gasteiger partial charge in [-0.05, 0) is 24.3 Å². The minimum atomic E-state index is 0.114. The van der Waals surface area contributed by atoms with Crippen LogP contribution in [0.2, 0.25) is 0 Å². The van der Waals surface area contributed by atoms with Gasteiger partial charge in [0.2, 0.25) is 11.0 Å². The quantitative estimate of drug-likeness (QED) is 0.884. The molecule has 5 heteroatoms. The molecule has 0 radical (unpaired) electrons. The maximum Gasteiger partial charge on any atom is 0.229 e. The lowest BCUT2D eigenvalue weighted by atomic mass is 9.89. The van der Waals surface area contributed by atoms with E-state index in [0.29, 0.717) is 11.0 Å². The van der Waals surface area contributed by atoms with Crippen molar-refractivity contribution in [3.8, 4) is 0 Å². The van der Waals surface area contributed by atoms with E-state index in [-0.39, 0.29) is 11.8 Å². The highest BCUT2D eigenvalue weighted by Crippen LogP contribution is 2.27. The van der Waals surface area contributed by atoms with Gasteiger partial charge in [0.05, 0.1) is 0 Å². The first-order chi connectivity index (χ1) is 11.2. The predicted octanol–water partition coefficient (Wildman–Crippen LogP) is 4.40. The van der Waals surface area contributed by atoms with Crippen LogP contribution in [0.3, 0.4) is 0 Å². The molecule has 1 aromatic heterocycles. The second kappa shape index (κ2) is 7.68.